The lowest BCUT2D eigenvalue weighted by Crippen LogP contribution is -2.36. The maximum absolute atomic E-state index is 8.94. The van der Waals surface area contributed by atoms with E-state index in [1.807, 2.05) is 36.4 Å². The molecule has 0 bridgehead atoms. The minimum atomic E-state index is -0.703. The summed E-state index contributed by atoms with van der Waals surface area (Å²) in [6.45, 7) is 0.961. The normalized spacial score (nSPS) is 23.7. The van der Waals surface area contributed by atoms with E-state index in [-0.39, 0.29) is 6.61 Å². The van der Waals surface area contributed by atoms with Gasteiger partial charge in [-0.15, -0.1) is 0 Å². The van der Waals surface area contributed by atoms with Crippen LogP contribution >= 0.6 is 23.2 Å². The first kappa shape index (κ1) is 21.9. The number of azide groups is 1. The monoisotopic (exact) mass is 437 g/mol. The van der Waals surface area contributed by atoms with Crippen molar-refractivity contribution in [3.8, 4) is 0 Å². The van der Waals surface area contributed by atoms with Gasteiger partial charge in [-0.1, -0.05) is 52.6 Å². The van der Waals surface area contributed by atoms with E-state index in [0.717, 1.165) is 11.1 Å². The molecule has 0 amide bonds. The van der Waals surface area contributed by atoms with Gasteiger partial charge in [-0.2, -0.15) is 0 Å². The minimum absolute atomic E-state index is 0.255. The van der Waals surface area contributed by atoms with Gasteiger partial charge >= 0.3 is 0 Å². The fraction of sp³-hybridized carbons (Fsp3) is 0.400. The lowest BCUT2D eigenvalue weighted by atomic mass is 10.1. The van der Waals surface area contributed by atoms with Gasteiger partial charge in [0.05, 0.1) is 25.9 Å². The third-order valence-corrected chi connectivity index (χ3v) is 5.03. The number of hydrogen-bond acceptors (Lipinski definition) is 5. The largest absolute Gasteiger partial charge is 0.374 e. The first-order valence-corrected chi connectivity index (χ1v) is 9.77. The summed E-state index contributed by atoms with van der Waals surface area (Å²) in [5.74, 6) is 0. The van der Waals surface area contributed by atoms with E-state index in [2.05, 4.69) is 10.0 Å². The number of rotatable bonds is 9. The number of ether oxygens (including phenoxy) is 4. The standard InChI is InChI=1S/C20H21Cl2N3O4/c1-26-20-18(24-25-23)19(28-11-14-4-8-16(22)9-5-14)17(29-20)12-27-10-13-2-6-15(21)7-3-13/h2-9,17-20H,10-12H2,1H3/t17-,18-,19+,20-/m0/s1. The first-order chi connectivity index (χ1) is 14.1. The van der Waals surface area contributed by atoms with Crippen molar-refractivity contribution in [2.75, 3.05) is 13.7 Å². The van der Waals surface area contributed by atoms with E-state index in [0.29, 0.717) is 23.3 Å². The highest BCUT2D eigenvalue weighted by Gasteiger charge is 2.45. The molecule has 29 heavy (non-hydrogen) atoms. The Bertz CT molecular complexity index is 829. The molecule has 0 N–H and O–H groups in total. The highest BCUT2D eigenvalue weighted by molar-refractivity contribution is 6.30. The Morgan fingerprint density at radius 3 is 2.14 bits per heavy atom. The van der Waals surface area contributed by atoms with Crippen LogP contribution < -0.4 is 0 Å². The quantitative estimate of drug-likeness (QED) is 0.308. The second kappa shape index (κ2) is 10.8. The molecule has 154 valence electrons. The molecule has 2 aromatic rings. The van der Waals surface area contributed by atoms with E-state index < -0.39 is 24.5 Å². The lowest BCUT2D eigenvalue weighted by Gasteiger charge is -2.21. The smallest absolute Gasteiger partial charge is 0.168 e. The molecule has 1 fully saturated rings. The maximum Gasteiger partial charge on any atom is 0.168 e. The van der Waals surface area contributed by atoms with Crippen molar-refractivity contribution in [2.24, 2.45) is 5.11 Å². The Kier molecular flexibility index (Phi) is 8.15. The highest BCUT2D eigenvalue weighted by atomic mass is 35.5. The van der Waals surface area contributed by atoms with Crippen molar-refractivity contribution < 1.29 is 18.9 Å². The topological polar surface area (TPSA) is 85.7 Å². The Hall–Kier alpha value is -1.83. The van der Waals surface area contributed by atoms with Crippen LogP contribution in [0.5, 0.6) is 0 Å². The first-order valence-electron chi connectivity index (χ1n) is 9.01. The molecule has 0 spiro atoms. The van der Waals surface area contributed by atoms with E-state index in [9.17, 15) is 0 Å². The van der Waals surface area contributed by atoms with Gasteiger partial charge in [-0.3, -0.25) is 0 Å². The molecular weight excluding hydrogens is 417 g/mol. The zero-order chi connectivity index (χ0) is 20.6. The average molecular weight is 438 g/mol. The lowest BCUT2D eigenvalue weighted by molar-refractivity contribution is -0.139. The van der Waals surface area contributed by atoms with Crippen molar-refractivity contribution in [1.29, 1.82) is 0 Å². The van der Waals surface area contributed by atoms with Gasteiger partial charge in [0.25, 0.3) is 0 Å². The van der Waals surface area contributed by atoms with Gasteiger partial charge in [0.1, 0.15) is 12.1 Å². The number of hydrogen-bond donors (Lipinski definition) is 0. The molecule has 3 rings (SSSR count). The number of benzene rings is 2. The zero-order valence-electron chi connectivity index (χ0n) is 15.8. The van der Waals surface area contributed by atoms with E-state index in [1.54, 1.807) is 12.1 Å². The van der Waals surface area contributed by atoms with E-state index >= 15 is 0 Å². The van der Waals surface area contributed by atoms with Crippen LogP contribution in [-0.2, 0) is 32.2 Å². The Labute approximate surface area is 179 Å². The second-order valence-electron chi connectivity index (χ2n) is 6.52. The summed E-state index contributed by atoms with van der Waals surface area (Å²) < 4.78 is 23.1. The third-order valence-electron chi connectivity index (χ3n) is 4.53. The molecule has 4 atom stereocenters. The Morgan fingerprint density at radius 1 is 1.00 bits per heavy atom. The maximum atomic E-state index is 8.94. The number of methoxy groups -OCH3 is 1. The van der Waals surface area contributed by atoms with Crippen LogP contribution in [0.1, 0.15) is 11.1 Å². The van der Waals surface area contributed by atoms with Gasteiger partial charge < -0.3 is 18.9 Å². The van der Waals surface area contributed by atoms with Crippen LogP contribution in [0.15, 0.2) is 53.6 Å². The summed E-state index contributed by atoms with van der Waals surface area (Å²) in [5, 5.41) is 5.14. The predicted octanol–water partition coefficient (Wildman–Crippen LogP) is 5.15. The summed E-state index contributed by atoms with van der Waals surface area (Å²) in [6, 6.07) is 14.1. The molecule has 1 aliphatic rings. The van der Waals surface area contributed by atoms with Crippen molar-refractivity contribution in [3.63, 3.8) is 0 Å². The van der Waals surface area contributed by atoms with Crippen LogP contribution in [0.3, 0.4) is 0 Å². The van der Waals surface area contributed by atoms with Crippen molar-refractivity contribution >= 4 is 23.2 Å². The third kappa shape index (κ3) is 6.07. The summed E-state index contributed by atoms with van der Waals surface area (Å²) >= 11 is 11.8. The summed E-state index contributed by atoms with van der Waals surface area (Å²) in [5.41, 5.74) is 10.9. The van der Waals surface area contributed by atoms with E-state index in [1.165, 1.54) is 7.11 Å². The molecule has 0 aliphatic carbocycles. The SMILES string of the molecule is CO[C@H]1O[C@@H](COCc2ccc(Cl)cc2)[C@@H](OCc2ccc(Cl)cc2)[C@@H]1N=[N+]=[N-]. The van der Waals surface area contributed by atoms with Gasteiger partial charge in [-0.05, 0) is 40.9 Å². The van der Waals surface area contributed by atoms with Crippen LogP contribution in [0.25, 0.3) is 10.4 Å². The molecule has 9 heteroatoms. The Morgan fingerprint density at radius 2 is 1.59 bits per heavy atom. The van der Waals surface area contributed by atoms with Crippen LogP contribution in [0, 0.1) is 0 Å². The van der Waals surface area contributed by atoms with Crippen LogP contribution in [0.4, 0.5) is 0 Å². The second-order valence-corrected chi connectivity index (χ2v) is 7.39. The highest BCUT2D eigenvalue weighted by Crippen LogP contribution is 2.29. The molecule has 7 nitrogen and oxygen atoms in total. The molecule has 1 heterocycles. The molecule has 0 aromatic heterocycles. The Balaban J connectivity index is 1.64. The fourth-order valence-corrected chi connectivity index (χ4v) is 3.32. The average Bonchev–Trinajstić information content (AvgIpc) is 3.06. The van der Waals surface area contributed by atoms with Gasteiger partial charge in [-0.25, -0.2) is 0 Å². The van der Waals surface area contributed by atoms with Crippen molar-refractivity contribution in [2.45, 2.75) is 37.8 Å². The molecule has 1 aliphatic heterocycles. The summed E-state index contributed by atoms with van der Waals surface area (Å²) in [4.78, 5) is 2.92. The minimum Gasteiger partial charge on any atom is -0.374 e. The number of nitrogens with zero attached hydrogens (tertiary/aromatic N) is 3. The van der Waals surface area contributed by atoms with Gasteiger partial charge in [0.2, 0.25) is 0 Å². The predicted molar refractivity (Wildman–Crippen MR) is 110 cm³/mol. The zero-order valence-corrected chi connectivity index (χ0v) is 17.3. The van der Waals surface area contributed by atoms with Crippen LogP contribution in [-0.4, -0.2) is 38.3 Å². The van der Waals surface area contributed by atoms with Crippen LogP contribution in [0.2, 0.25) is 10.0 Å². The van der Waals surface area contributed by atoms with Crippen molar-refractivity contribution in [1.82, 2.24) is 0 Å². The number of halogens is 2. The summed E-state index contributed by atoms with van der Waals surface area (Å²) in [7, 11) is 1.50. The molecule has 2 aromatic carbocycles. The molecule has 1 saturated heterocycles. The van der Waals surface area contributed by atoms with E-state index in [4.69, 9.17) is 47.7 Å². The molecule has 0 radical (unpaired) electrons. The molecule has 0 saturated carbocycles. The van der Waals surface area contributed by atoms with Gasteiger partial charge in [0, 0.05) is 22.1 Å². The molecule has 0 unspecified atom stereocenters. The fourth-order valence-electron chi connectivity index (χ4n) is 3.07. The molecular formula is C20H21Cl2N3O4. The summed E-state index contributed by atoms with van der Waals surface area (Å²) in [6.07, 6.45) is -1.67. The van der Waals surface area contributed by atoms with Crippen molar-refractivity contribution in [3.05, 3.63) is 80.1 Å². The van der Waals surface area contributed by atoms with Gasteiger partial charge in [0.15, 0.2) is 6.29 Å².